The van der Waals surface area contributed by atoms with Crippen molar-refractivity contribution in [2.45, 2.75) is 45.7 Å². The third kappa shape index (κ3) is 2.99. The van der Waals surface area contributed by atoms with Gasteiger partial charge in [-0.1, -0.05) is 12.1 Å². The summed E-state index contributed by atoms with van der Waals surface area (Å²) < 4.78 is 0. The second-order valence-electron chi connectivity index (χ2n) is 5.94. The maximum atomic E-state index is 4.46. The fraction of sp³-hybridized carbons (Fsp3) is 0.412. The van der Waals surface area contributed by atoms with Crippen molar-refractivity contribution in [1.29, 1.82) is 0 Å². The molecule has 1 N–H and O–H groups in total. The Morgan fingerprint density at radius 1 is 1.10 bits per heavy atom. The lowest BCUT2D eigenvalue weighted by atomic mass is 10.2. The van der Waals surface area contributed by atoms with Gasteiger partial charge in [-0.3, -0.25) is 0 Å². The lowest BCUT2D eigenvalue weighted by Gasteiger charge is -2.27. The molecule has 1 aliphatic heterocycles. The zero-order valence-corrected chi connectivity index (χ0v) is 12.9. The Morgan fingerprint density at radius 2 is 1.86 bits per heavy atom. The van der Waals surface area contributed by atoms with Crippen LogP contribution in [0.3, 0.4) is 0 Å². The summed E-state index contributed by atoms with van der Waals surface area (Å²) in [5, 5.41) is 3.36. The van der Waals surface area contributed by atoms with Crippen molar-refractivity contribution in [3.63, 3.8) is 0 Å². The maximum Gasteiger partial charge on any atom is 0.135 e. The smallest absolute Gasteiger partial charge is 0.135 e. The molecule has 3 rings (SSSR count). The summed E-state index contributed by atoms with van der Waals surface area (Å²) in [6, 6.07) is 11.4. The van der Waals surface area contributed by atoms with E-state index < -0.39 is 0 Å². The lowest BCUT2D eigenvalue weighted by molar-refractivity contribution is 0.682. The Labute approximate surface area is 126 Å². The van der Waals surface area contributed by atoms with E-state index in [0.717, 1.165) is 17.3 Å². The minimum absolute atomic E-state index is 0.543. The van der Waals surface area contributed by atoms with Gasteiger partial charge in [0.25, 0.3) is 0 Å². The largest absolute Gasteiger partial charge is 0.351 e. The highest BCUT2D eigenvalue weighted by atomic mass is 15.3. The first kappa shape index (κ1) is 13.9. The van der Waals surface area contributed by atoms with Crippen LogP contribution in [0.1, 0.15) is 32.3 Å². The van der Waals surface area contributed by atoms with Crippen molar-refractivity contribution in [3.8, 4) is 0 Å². The second kappa shape index (κ2) is 5.72. The number of rotatable bonds is 3. The van der Waals surface area contributed by atoms with E-state index in [1.807, 2.05) is 12.1 Å². The van der Waals surface area contributed by atoms with Gasteiger partial charge >= 0.3 is 0 Å². The van der Waals surface area contributed by atoms with Crippen molar-refractivity contribution in [3.05, 3.63) is 42.2 Å². The van der Waals surface area contributed by atoms with Gasteiger partial charge in [-0.05, 0) is 51.3 Å². The number of hydrogen-bond donors (Lipinski definition) is 1. The van der Waals surface area contributed by atoms with Crippen LogP contribution in [0.5, 0.6) is 0 Å². The molecule has 0 aliphatic carbocycles. The molecule has 2 unspecified atom stereocenters. The van der Waals surface area contributed by atoms with E-state index in [4.69, 9.17) is 0 Å². The molecular weight excluding hydrogens is 260 g/mol. The van der Waals surface area contributed by atoms with Crippen molar-refractivity contribution in [1.82, 2.24) is 9.97 Å². The van der Waals surface area contributed by atoms with Gasteiger partial charge < -0.3 is 10.2 Å². The molecule has 1 fully saturated rings. The summed E-state index contributed by atoms with van der Waals surface area (Å²) in [7, 11) is 0. The molecule has 0 amide bonds. The third-order valence-corrected chi connectivity index (χ3v) is 4.16. The minimum atomic E-state index is 0.543. The van der Waals surface area contributed by atoms with Crippen molar-refractivity contribution >= 4 is 17.3 Å². The molecule has 0 bridgehead atoms. The number of aryl methyl sites for hydroxylation is 1. The zero-order valence-electron chi connectivity index (χ0n) is 12.9. The minimum Gasteiger partial charge on any atom is -0.351 e. The lowest BCUT2D eigenvalue weighted by Crippen LogP contribution is -2.33. The van der Waals surface area contributed by atoms with Gasteiger partial charge in [0.05, 0.1) is 0 Å². The molecule has 0 spiro atoms. The summed E-state index contributed by atoms with van der Waals surface area (Å²) in [4.78, 5) is 11.2. The standard InChI is InChI=1S/C17H22N4/c1-12-5-4-6-15(9-12)20-16-10-17(19-11-18-16)21-13(2)7-8-14(21)3/h4-6,9-11,13-14H,7-8H2,1-3H3,(H,18,19,20). The van der Waals surface area contributed by atoms with Gasteiger partial charge in [-0.15, -0.1) is 0 Å². The number of nitrogens with one attached hydrogen (secondary N) is 1. The highest BCUT2D eigenvalue weighted by Crippen LogP contribution is 2.29. The summed E-state index contributed by atoms with van der Waals surface area (Å²) in [5.41, 5.74) is 2.29. The maximum absolute atomic E-state index is 4.46. The predicted molar refractivity (Wildman–Crippen MR) is 87.1 cm³/mol. The molecule has 21 heavy (non-hydrogen) atoms. The van der Waals surface area contributed by atoms with Crippen LogP contribution in [0.25, 0.3) is 0 Å². The summed E-state index contributed by atoms with van der Waals surface area (Å²) in [6.45, 7) is 6.61. The van der Waals surface area contributed by atoms with Crippen LogP contribution in [0, 0.1) is 6.92 Å². The van der Waals surface area contributed by atoms with E-state index in [2.05, 4.69) is 59.2 Å². The Bertz CT molecular complexity index is 616. The molecule has 2 aromatic rings. The number of nitrogens with zero attached hydrogens (tertiary/aromatic N) is 3. The summed E-state index contributed by atoms with van der Waals surface area (Å²) in [6.07, 6.45) is 4.10. The Morgan fingerprint density at radius 3 is 2.57 bits per heavy atom. The van der Waals surface area contributed by atoms with Crippen LogP contribution in [-0.4, -0.2) is 22.1 Å². The molecule has 1 aromatic carbocycles. The van der Waals surface area contributed by atoms with Crippen molar-refractivity contribution in [2.24, 2.45) is 0 Å². The highest BCUT2D eigenvalue weighted by molar-refractivity contribution is 5.60. The summed E-state index contributed by atoms with van der Waals surface area (Å²) >= 11 is 0. The molecule has 0 radical (unpaired) electrons. The van der Waals surface area contributed by atoms with Crippen LogP contribution >= 0.6 is 0 Å². The quantitative estimate of drug-likeness (QED) is 0.926. The first-order chi connectivity index (χ1) is 10.1. The van der Waals surface area contributed by atoms with Crippen LogP contribution in [0.2, 0.25) is 0 Å². The molecule has 4 heteroatoms. The van der Waals surface area contributed by atoms with Crippen molar-refractivity contribution in [2.75, 3.05) is 10.2 Å². The zero-order chi connectivity index (χ0) is 14.8. The molecule has 4 nitrogen and oxygen atoms in total. The monoisotopic (exact) mass is 282 g/mol. The first-order valence-electron chi connectivity index (χ1n) is 7.57. The van der Waals surface area contributed by atoms with Crippen LogP contribution in [-0.2, 0) is 0 Å². The normalized spacial score (nSPS) is 21.6. The van der Waals surface area contributed by atoms with Gasteiger partial charge in [0, 0.05) is 23.8 Å². The number of benzene rings is 1. The SMILES string of the molecule is Cc1cccc(Nc2cc(N3C(C)CCC3C)ncn2)c1. The summed E-state index contributed by atoms with van der Waals surface area (Å²) in [5.74, 6) is 1.86. The average Bonchev–Trinajstić information content (AvgIpc) is 2.78. The average molecular weight is 282 g/mol. The van der Waals surface area contributed by atoms with E-state index in [9.17, 15) is 0 Å². The van der Waals surface area contributed by atoms with Crippen molar-refractivity contribution < 1.29 is 0 Å². The van der Waals surface area contributed by atoms with Gasteiger partial charge in [0.2, 0.25) is 0 Å². The topological polar surface area (TPSA) is 41.0 Å². The number of hydrogen-bond acceptors (Lipinski definition) is 4. The molecule has 2 atom stereocenters. The fourth-order valence-corrected chi connectivity index (χ4v) is 3.07. The molecule has 2 heterocycles. The molecule has 1 aliphatic rings. The van der Waals surface area contributed by atoms with E-state index >= 15 is 0 Å². The van der Waals surface area contributed by atoms with Gasteiger partial charge in [0.15, 0.2) is 0 Å². The highest BCUT2D eigenvalue weighted by Gasteiger charge is 2.28. The molecule has 1 saturated heterocycles. The number of aromatic nitrogens is 2. The van der Waals surface area contributed by atoms with Crippen LogP contribution < -0.4 is 10.2 Å². The first-order valence-corrected chi connectivity index (χ1v) is 7.57. The van der Waals surface area contributed by atoms with Gasteiger partial charge in [-0.25, -0.2) is 9.97 Å². The Balaban J connectivity index is 1.83. The molecule has 0 saturated carbocycles. The second-order valence-corrected chi connectivity index (χ2v) is 5.94. The van der Waals surface area contributed by atoms with E-state index in [0.29, 0.717) is 12.1 Å². The molecule has 1 aromatic heterocycles. The predicted octanol–water partition coefficient (Wildman–Crippen LogP) is 3.91. The van der Waals surface area contributed by atoms with E-state index in [1.165, 1.54) is 18.4 Å². The Kier molecular flexibility index (Phi) is 3.78. The van der Waals surface area contributed by atoms with Gasteiger partial charge in [-0.2, -0.15) is 0 Å². The molecular formula is C17H22N4. The van der Waals surface area contributed by atoms with Gasteiger partial charge in [0.1, 0.15) is 18.0 Å². The van der Waals surface area contributed by atoms with E-state index in [-0.39, 0.29) is 0 Å². The fourth-order valence-electron chi connectivity index (χ4n) is 3.07. The van der Waals surface area contributed by atoms with Crippen LogP contribution in [0.4, 0.5) is 17.3 Å². The van der Waals surface area contributed by atoms with E-state index in [1.54, 1.807) is 6.33 Å². The molecule has 110 valence electrons. The van der Waals surface area contributed by atoms with Crippen LogP contribution in [0.15, 0.2) is 36.7 Å². The third-order valence-electron chi connectivity index (χ3n) is 4.16. The Hall–Kier alpha value is -2.10. The number of anilines is 3.